The molecule has 2 saturated carbocycles. The van der Waals surface area contributed by atoms with Gasteiger partial charge in [0.05, 0.1) is 6.61 Å². The molecule has 0 spiro atoms. The smallest absolute Gasteiger partial charge is 0.0613 e. The van der Waals surface area contributed by atoms with Crippen molar-refractivity contribution in [3.63, 3.8) is 0 Å². The minimum absolute atomic E-state index is 0.113. The molecule has 2 nitrogen and oxygen atoms in total. The lowest BCUT2D eigenvalue weighted by molar-refractivity contribution is 0.0467. The van der Waals surface area contributed by atoms with Crippen LogP contribution in [-0.2, 0) is 0 Å². The van der Waals surface area contributed by atoms with Crippen molar-refractivity contribution in [1.82, 2.24) is 5.32 Å². The van der Waals surface area contributed by atoms with Crippen molar-refractivity contribution in [2.45, 2.75) is 38.1 Å². The van der Waals surface area contributed by atoms with E-state index in [1.165, 1.54) is 12.8 Å². The fraction of sp³-hybridized carbons (Fsp3) is 1.00. The van der Waals surface area contributed by atoms with Gasteiger partial charge in [-0.25, -0.2) is 0 Å². The summed E-state index contributed by atoms with van der Waals surface area (Å²) in [5.74, 6) is 1.73. The summed E-state index contributed by atoms with van der Waals surface area (Å²) in [7, 11) is 0. The van der Waals surface area contributed by atoms with Gasteiger partial charge in [0.15, 0.2) is 0 Å². The molecule has 2 N–H and O–H groups in total. The zero-order chi connectivity index (χ0) is 8.60. The molecular weight excluding hydrogens is 150 g/mol. The zero-order valence-corrected chi connectivity index (χ0v) is 7.84. The molecule has 2 aliphatic rings. The largest absolute Gasteiger partial charge is 0.394 e. The van der Waals surface area contributed by atoms with Crippen LogP contribution in [0.1, 0.15) is 32.6 Å². The third kappa shape index (κ3) is 1.64. The Morgan fingerprint density at radius 1 is 1.42 bits per heavy atom. The summed E-state index contributed by atoms with van der Waals surface area (Å²) in [6.45, 7) is 3.71. The van der Waals surface area contributed by atoms with Gasteiger partial charge in [-0.2, -0.15) is 0 Å². The van der Waals surface area contributed by atoms with E-state index in [-0.39, 0.29) is 5.54 Å². The quantitative estimate of drug-likeness (QED) is 0.661. The van der Waals surface area contributed by atoms with Crippen molar-refractivity contribution in [3.05, 3.63) is 0 Å². The Morgan fingerprint density at radius 3 is 2.50 bits per heavy atom. The average Bonchev–Trinajstić information content (AvgIpc) is 2.78. The predicted molar refractivity (Wildman–Crippen MR) is 48.9 cm³/mol. The van der Waals surface area contributed by atoms with E-state index < -0.39 is 0 Å². The lowest BCUT2D eigenvalue weighted by Crippen LogP contribution is -2.57. The van der Waals surface area contributed by atoms with E-state index in [0.29, 0.717) is 6.61 Å². The summed E-state index contributed by atoms with van der Waals surface area (Å²) in [6, 6.07) is 0. The Hall–Kier alpha value is -0.0800. The first-order valence-electron chi connectivity index (χ1n) is 5.10. The summed E-state index contributed by atoms with van der Waals surface area (Å²) >= 11 is 0. The third-order valence-corrected chi connectivity index (χ3v) is 3.24. The van der Waals surface area contributed by atoms with Gasteiger partial charge in [0.1, 0.15) is 0 Å². The number of hydrogen-bond acceptors (Lipinski definition) is 2. The standard InChI is InChI=1S/C10H19NO/c1-8-4-10(5-8,7-12)11-6-9-2-3-9/h8-9,11-12H,2-7H2,1H3. The molecule has 0 bridgehead atoms. The zero-order valence-electron chi connectivity index (χ0n) is 7.84. The summed E-state index contributed by atoms with van der Waals surface area (Å²) in [5.41, 5.74) is 0.113. The maximum Gasteiger partial charge on any atom is 0.0613 e. The molecule has 0 aromatic heterocycles. The van der Waals surface area contributed by atoms with Crippen molar-refractivity contribution in [1.29, 1.82) is 0 Å². The molecular formula is C10H19NO. The maximum absolute atomic E-state index is 9.23. The average molecular weight is 169 g/mol. The van der Waals surface area contributed by atoms with Crippen molar-refractivity contribution in [2.75, 3.05) is 13.2 Å². The lowest BCUT2D eigenvalue weighted by atomic mass is 9.69. The van der Waals surface area contributed by atoms with Crippen LogP contribution in [0.4, 0.5) is 0 Å². The molecule has 0 aromatic rings. The van der Waals surface area contributed by atoms with Crippen LogP contribution in [-0.4, -0.2) is 23.8 Å². The van der Waals surface area contributed by atoms with Crippen molar-refractivity contribution in [2.24, 2.45) is 11.8 Å². The van der Waals surface area contributed by atoms with E-state index in [1.54, 1.807) is 0 Å². The molecule has 0 heterocycles. The van der Waals surface area contributed by atoms with Crippen molar-refractivity contribution >= 4 is 0 Å². The molecule has 2 fully saturated rings. The van der Waals surface area contributed by atoms with Gasteiger partial charge < -0.3 is 10.4 Å². The van der Waals surface area contributed by atoms with Gasteiger partial charge in [-0.1, -0.05) is 6.92 Å². The molecule has 2 rings (SSSR count). The van der Waals surface area contributed by atoms with Gasteiger partial charge in [-0.3, -0.25) is 0 Å². The Bertz CT molecular complexity index is 159. The van der Waals surface area contributed by atoms with Crippen LogP contribution in [0.2, 0.25) is 0 Å². The first-order valence-corrected chi connectivity index (χ1v) is 5.10. The molecule has 0 amide bonds. The van der Waals surface area contributed by atoms with Gasteiger partial charge in [0, 0.05) is 5.54 Å². The van der Waals surface area contributed by atoms with Crippen LogP contribution in [0, 0.1) is 11.8 Å². The van der Waals surface area contributed by atoms with Crippen LogP contribution in [0.25, 0.3) is 0 Å². The molecule has 0 saturated heterocycles. The fourth-order valence-electron chi connectivity index (χ4n) is 2.29. The second-order valence-electron chi connectivity index (χ2n) is 4.78. The highest BCUT2D eigenvalue weighted by Gasteiger charge is 2.41. The first kappa shape index (κ1) is 8.52. The van der Waals surface area contributed by atoms with Crippen LogP contribution in [0.3, 0.4) is 0 Å². The minimum atomic E-state index is 0.113. The molecule has 70 valence electrons. The van der Waals surface area contributed by atoms with E-state index in [4.69, 9.17) is 0 Å². The second-order valence-corrected chi connectivity index (χ2v) is 4.78. The van der Waals surface area contributed by atoms with Crippen molar-refractivity contribution in [3.8, 4) is 0 Å². The van der Waals surface area contributed by atoms with Gasteiger partial charge >= 0.3 is 0 Å². The molecule has 0 radical (unpaired) electrons. The number of nitrogens with one attached hydrogen (secondary N) is 1. The molecule has 2 heteroatoms. The SMILES string of the molecule is CC1CC(CO)(NCC2CC2)C1. The van der Waals surface area contributed by atoms with Gasteiger partial charge in [-0.15, -0.1) is 0 Å². The minimum Gasteiger partial charge on any atom is -0.394 e. The third-order valence-electron chi connectivity index (χ3n) is 3.24. The maximum atomic E-state index is 9.23. The number of aliphatic hydroxyl groups excluding tert-OH is 1. The highest BCUT2D eigenvalue weighted by Crippen LogP contribution is 2.38. The molecule has 0 atom stereocenters. The highest BCUT2D eigenvalue weighted by atomic mass is 16.3. The normalized spacial score (nSPS) is 41.0. The fourth-order valence-corrected chi connectivity index (χ4v) is 2.29. The van der Waals surface area contributed by atoms with E-state index in [0.717, 1.165) is 31.2 Å². The number of aliphatic hydroxyl groups is 1. The Morgan fingerprint density at radius 2 is 2.08 bits per heavy atom. The molecule has 0 aromatic carbocycles. The van der Waals surface area contributed by atoms with E-state index in [1.807, 2.05) is 0 Å². The topological polar surface area (TPSA) is 32.3 Å². The predicted octanol–water partition coefficient (Wildman–Crippen LogP) is 1.15. The Kier molecular flexibility index (Phi) is 2.13. The summed E-state index contributed by atoms with van der Waals surface area (Å²) < 4.78 is 0. The summed E-state index contributed by atoms with van der Waals surface area (Å²) in [6.07, 6.45) is 5.11. The summed E-state index contributed by atoms with van der Waals surface area (Å²) in [4.78, 5) is 0. The number of hydrogen-bond donors (Lipinski definition) is 2. The first-order chi connectivity index (χ1) is 5.74. The van der Waals surface area contributed by atoms with Crippen molar-refractivity contribution < 1.29 is 5.11 Å². The van der Waals surface area contributed by atoms with Gasteiger partial charge in [0.2, 0.25) is 0 Å². The van der Waals surface area contributed by atoms with E-state index in [9.17, 15) is 5.11 Å². The molecule has 0 aliphatic heterocycles. The molecule has 12 heavy (non-hydrogen) atoms. The highest BCUT2D eigenvalue weighted by molar-refractivity contribution is 5.00. The molecule has 0 unspecified atom stereocenters. The van der Waals surface area contributed by atoms with Gasteiger partial charge in [-0.05, 0) is 44.1 Å². The van der Waals surface area contributed by atoms with E-state index >= 15 is 0 Å². The molecule has 2 aliphatic carbocycles. The Labute approximate surface area is 74.4 Å². The van der Waals surface area contributed by atoms with Crippen LogP contribution in [0.5, 0.6) is 0 Å². The lowest BCUT2D eigenvalue weighted by Gasteiger charge is -2.46. The van der Waals surface area contributed by atoms with E-state index in [2.05, 4.69) is 12.2 Å². The van der Waals surface area contributed by atoms with Gasteiger partial charge in [0.25, 0.3) is 0 Å². The number of rotatable bonds is 4. The second kappa shape index (κ2) is 3.00. The monoisotopic (exact) mass is 169 g/mol. The van der Waals surface area contributed by atoms with Crippen LogP contribution in [0.15, 0.2) is 0 Å². The summed E-state index contributed by atoms with van der Waals surface area (Å²) in [5, 5.41) is 12.7. The van der Waals surface area contributed by atoms with Crippen LogP contribution >= 0.6 is 0 Å². The van der Waals surface area contributed by atoms with Crippen LogP contribution < -0.4 is 5.32 Å². The Balaban J connectivity index is 1.74.